The van der Waals surface area contributed by atoms with Gasteiger partial charge in [-0.15, -0.1) is 24.2 Å². The van der Waals surface area contributed by atoms with E-state index in [9.17, 15) is 9.59 Å². The number of rotatable bonds is 13. The van der Waals surface area contributed by atoms with Crippen molar-refractivity contribution in [3.8, 4) is 0 Å². The van der Waals surface area contributed by atoms with Crippen molar-refractivity contribution < 1.29 is 9.59 Å². The smallest absolute Gasteiger partial charge is 0.242 e. The Bertz CT molecular complexity index is 447. The molecule has 2 saturated heterocycles. The summed E-state index contributed by atoms with van der Waals surface area (Å²) in [6, 6.07) is -0.363. The van der Waals surface area contributed by atoms with Crippen molar-refractivity contribution in [2.45, 2.75) is 96.1 Å². The van der Waals surface area contributed by atoms with E-state index in [0.717, 1.165) is 44.0 Å². The summed E-state index contributed by atoms with van der Waals surface area (Å²) in [6.45, 7) is 3.72. The minimum atomic E-state index is -0.256. The molecule has 2 atom stereocenters. The lowest BCUT2D eigenvalue weighted by Crippen LogP contribution is -2.51. The topological polar surface area (TPSA) is 61.4 Å². The van der Waals surface area contributed by atoms with Gasteiger partial charge in [-0.3, -0.25) is 14.9 Å². The molecule has 0 aliphatic carbocycles. The monoisotopic (exact) mass is 433 g/mol. The summed E-state index contributed by atoms with van der Waals surface area (Å²) in [7, 11) is 0. The van der Waals surface area contributed by atoms with E-state index >= 15 is 0 Å². The molecule has 2 N–H and O–H groups in total. The van der Waals surface area contributed by atoms with Crippen LogP contribution >= 0.6 is 24.2 Å². The Morgan fingerprint density at radius 1 is 1.04 bits per heavy atom. The maximum Gasteiger partial charge on any atom is 0.242 e. The van der Waals surface area contributed by atoms with Crippen LogP contribution in [-0.4, -0.2) is 53.5 Å². The first kappa shape index (κ1) is 25.6. The molecule has 0 aromatic carbocycles. The van der Waals surface area contributed by atoms with Gasteiger partial charge in [0.1, 0.15) is 6.04 Å². The van der Waals surface area contributed by atoms with Gasteiger partial charge in [-0.05, 0) is 19.3 Å². The van der Waals surface area contributed by atoms with Gasteiger partial charge in [0.15, 0.2) is 0 Å². The normalized spacial score (nSPS) is 21.5. The van der Waals surface area contributed by atoms with Crippen molar-refractivity contribution in [3.63, 3.8) is 0 Å². The second-order valence-corrected chi connectivity index (χ2v) is 8.96. The van der Waals surface area contributed by atoms with Gasteiger partial charge in [0.2, 0.25) is 11.8 Å². The van der Waals surface area contributed by atoms with E-state index in [2.05, 4.69) is 17.6 Å². The highest BCUT2D eigenvalue weighted by molar-refractivity contribution is 7.99. The van der Waals surface area contributed by atoms with Crippen LogP contribution in [0.1, 0.15) is 84.0 Å². The number of likely N-dealkylation sites (tertiary alicyclic amines) is 1. The fraction of sp³-hybridized carbons (Fsp3) is 0.905. The van der Waals surface area contributed by atoms with Crippen LogP contribution in [0.2, 0.25) is 0 Å². The van der Waals surface area contributed by atoms with Gasteiger partial charge in [0.25, 0.3) is 0 Å². The van der Waals surface area contributed by atoms with E-state index in [1.807, 2.05) is 0 Å². The van der Waals surface area contributed by atoms with Crippen molar-refractivity contribution in [1.82, 2.24) is 15.5 Å². The highest BCUT2D eigenvalue weighted by Gasteiger charge is 2.37. The molecule has 28 heavy (non-hydrogen) atoms. The van der Waals surface area contributed by atoms with Gasteiger partial charge in [-0.25, -0.2) is 0 Å². The molecule has 5 nitrogen and oxygen atoms in total. The number of carbonyl (C=O) groups excluding carboxylic acids is 2. The van der Waals surface area contributed by atoms with Crippen LogP contribution in [0.5, 0.6) is 0 Å². The predicted molar refractivity (Wildman–Crippen MR) is 121 cm³/mol. The fourth-order valence-electron chi connectivity index (χ4n) is 4.00. The zero-order valence-corrected chi connectivity index (χ0v) is 19.2. The molecule has 2 aliphatic heterocycles. The molecule has 1 unspecified atom stereocenters. The van der Waals surface area contributed by atoms with Crippen molar-refractivity contribution >= 4 is 36.0 Å². The van der Waals surface area contributed by atoms with Crippen LogP contribution in [0.15, 0.2) is 0 Å². The molecule has 0 spiro atoms. The van der Waals surface area contributed by atoms with Gasteiger partial charge >= 0.3 is 0 Å². The van der Waals surface area contributed by atoms with Crippen LogP contribution in [0.4, 0.5) is 0 Å². The van der Waals surface area contributed by atoms with Crippen molar-refractivity contribution in [2.24, 2.45) is 0 Å². The predicted octanol–water partition coefficient (Wildman–Crippen LogP) is 4.10. The maximum atomic E-state index is 12.6. The van der Waals surface area contributed by atoms with Crippen molar-refractivity contribution in [3.05, 3.63) is 0 Å². The molecular weight excluding hydrogens is 394 g/mol. The molecule has 2 aliphatic rings. The lowest BCUT2D eigenvalue weighted by molar-refractivity contribution is -0.139. The van der Waals surface area contributed by atoms with E-state index in [-0.39, 0.29) is 36.3 Å². The summed E-state index contributed by atoms with van der Waals surface area (Å²) in [6.07, 6.45) is 14.7. The summed E-state index contributed by atoms with van der Waals surface area (Å²) in [4.78, 5) is 26.9. The van der Waals surface area contributed by atoms with E-state index in [1.165, 1.54) is 57.8 Å². The summed E-state index contributed by atoms with van der Waals surface area (Å²) in [5.41, 5.74) is 0. The van der Waals surface area contributed by atoms with E-state index in [1.54, 1.807) is 16.7 Å². The standard InChI is InChI=1S/C21H39N3O2S.ClH/c1-2-3-4-5-6-7-8-9-10-11-14-22-20(25)19-13-12-15-24(19)21(26)18-16-27-17-23-18;/h18-19,23H,2-17H2,1H3,(H,22,25);1H/t18-,19?;/m1./s1. The fourth-order valence-corrected chi connectivity index (χ4v) is 4.93. The molecule has 0 radical (unpaired) electrons. The Balaban J connectivity index is 0.00000392. The van der Waals surface area contributed by atoms with Crippen molar-refractivity contribution in [1.29, 1.82) is 0 Å². The summed E-state index contributed by atoms with van der Waals surface area (Å²) in [5.74, 6) is 1.81. The number of nitrogens with zero attached hydrogens (tertiary/aromatic N) is 1. The second-order valence-electron chi connectivity index (χ2n) is 7.93. The first-order valence-corrected chi connectivity index (χ1v) is 12.3. The van der Waals surface area contributed by atoms with Crippen LogP contribution in [0.25, 0.3) is 0 Å². The van der Waals surface area contributed by atoms with Crippen molar-refractivity contribution in [2.75, 3.05) is 24.7 Å². The largest absolute Gasteiger partial charge is 0.354 e. The van der Waals surface area contributed by atoms with Gasteiger partial charge < -0.3 is 10.2 Å². The Morgan fingerprint density at radius 3 is 2.29 bits per heavy atom. The van der Waals surface area contributed by atoms with Crippen LogP contribution in [0.3, 0.4) is 0 Å². The minimum absolute atomic E-state index is 0. The lowest BCUT2D eigenvalue weighted by atomic mass is 10.1. The maximum absolute atomic E-state index is 12.6. The number of unbranched alkanes of at least 4 members (excludes halogenated alkanes) is 9. The molecule has 2 fully saturated rings. The SMILES string of the molecule is CCCCCCCCCCCCNC(=O)C1CCCN1C(=O)[C@H]1CSCN1.Cl. The Labute approximate surface area is 181 Å². The zero-order chi connectivity index (χ0) is 19.3. The first-order chi connectivity index (χ1) is 13.2. The number of hydrogen-bond acceptors (Lipinski definition) is 4. The van der Waals surface area contributed by atoms with E-state index in [4.69, 9.17) is 0 Å². The average molecular weight is 434 g/mol. The minimum Gasteiger partial charge on any atom is -0.354 e. The molecule has 2 heterocycles. The number of amides is 2. The quantitative estimate of drug-likeness (QED) is 0.429. The molecule has 0 aromatic heterocycles. The zero-order valence-electron chi connectivity index (χ0n) is 17.5. The Kier molecular flexibility index (Phi) is 14.1. The number of carbonyl (C=O) groups is 2. The molecule has 0 bridgehead atoms. The molecule has 0 aromatic rings. The Morgan fingerprint density at radius 2 is 1.68 bits per heavy atom. The third-order valence-electron chi connectivity index (χ3n) is 5.68. The molecule has 2 rings (SSSR count). The number of halogens is 1. The highest BCUT2D eigenvalue weighted by Crippen LogP contribution is 2.21. The second kappa shape index (κ2) is 15.4. The summed E-state index contributed by atoms with van der Waals surface area (Å²) >= 11 is 1.75. The third kappa shape index (κ3) is 8.91. The van der Waals surface area contributed by atoms with Gasteiger partial charge in [-0.1, -0.05) is 64.7 Å². The third-order valence-corrected chi connectivity index (χ3v) is 6.62. The van der Waals surface area contributed by atoms with Gasteiger partial charge in [0, 0.05) is 24.7 Å². The molecular formula is C21H40ClN3O2S. The van der Waals surface area contributed by atoms with Gasteiger partial charge in [-0.2, -0.15) is 0 Å². The van der Waals surface area contributed by atoms with Gasteiger partial charge in [0.05, 0.1) is 6.04 Å². The van der Waals surface area contributed by atoms with Crippen LogP contribution < -0.4 is 10.6 Å². The molecule has 2 amide bonds. The molecule has 7 heteroatoms. The molecule has 0 saturated carbocycles. The molecule has 164 valence electrons. The first-order valence-electron chi connectivity index (χ1n) is 11.1. The number of thioether (sulfide) groups is 1. The summed E-state index contributed by atoms with van der Waals surface area (Å²) in [5, 5.41) is 6.29. The number of nitrogens with one attached hydrogen (secondary N) is 2. The van der Waals surface area contributed by atoms with E-state index < -0.39 is 0 Å². The summed E-state index contributed by atoms with van der Waals surface area (Å²) < 4.78 is 0. The number of hydrogen-bond donors (Lipinski definition) is 2. The highest BCUT2D eigenvalue weighted by atomic mass is 35.5. The average Bonchev–Trinajstić information content (AvgIpc) is 3.37. The lowest BCUT2D eigenvalue weighted by Gasteiger charge is -2.26. The van der Waals surface area contributed by atoms with Crippen LogP contribution in [-0.2, 0) is 9.59 Å². The van der Waals surface area contributed by atoms with E-state index in [0.29, 0.717) is 0 Å². The Hall–Kier alpha value is -0.460. The van der Waals surface area contributed by atoms with Crippen LogP contribution in [0, 0.1) is 0 Å².